The Morgan fingerprint density at radius 1 is 1.13 bits per heavy atom. The largest absolute Gasteiger partial charge is 0.481 e. The molecule has 1 atom stereocenters. The summed E-state index contributed by atoms with van der Waals surface area (Å²) in [6, 6.07) is 4.37. The minimum Gasteiger partial charge on any atom is -0.481 e. The summed E-state index contributed by atoms with van der Waals surface area (Å²) in [4.78, 5) is 36.8. The van der Waals surface area contributed by atoms with Gasteiger partial charge in [-0.05, 0) is 37.0 Å². The lowest BCUT2D eigenvalue weighted by Gasteiger charge is -2.24. The number of rotatable bonds is 12. The van der Waals surface area contributed by atoms with E-state index in [1.165, 1.54) is 4.90 Å². The van der Waals surface area contributed by atoms with Crippen molar-refractivity contribution in [2.24, 2.45) is 5.73 Å². The van der Waals surface area contributed by atoms with E-state index in [0.29, 0.717) is 5.56 Å². The van der Waals surface area contributed by atoms with Crippen LogP contribution in [0.4, 0.5) is 0 Å². The molecule has 1 aromatic carbocycles. The van der Waals surface area contributed by atoms with Gasteiger partial charge in [0, 0.05) is 37.1 Å². The molecule has 7 nitrogen and oxygen atoms in total. The molecule has 0 saturated carbocycles. The number of amides is 2. The van der Waals surface area contributed by atoms with Crippen molar-refractivity contribution in [1.29, 1.82) is 0 Å². The van der Waals surface area contributed by atoms with E-state index in [0.717, 1.165) is 56.1 Å². The van der Waals surface area contributed by atoms with Gasteiger partial charge in [0.15, 0.2) is 0 Å². The molecule has 2 rings (SSSR count). The van der Waals surface area contributed by atoms with Crippen LogP contribution in [0.5, 0.6) is 0 Å². The average molecular weight is 415 g/mol. The Morgan fingerprint density at radius 2 is 1.83 bits per heavy atom. The number of primary amides is 1. The molecule has 0 aliphatic carbocycles. The first-order valence-electron chi connectivity index (χ1n) is 10.5. The first-order valence-corrected chi connectivity index (χ1v) is 10.5. The van der Waals surface area contributed by atoms with E-state index in [1.807, 2.05) is 6.07 Å². The van der Waals surface area contributed by atoms with Crippen LogP contribution in [0, 0.1) is 11.8 Å². The van der Waals surface area contributed by atoms with Crippen LogP contribution in [0.2, 0.25) is 0 Å². The summed E-state index contributed by atoms with van der Waals surface area (Å²) < 4.78 is 0. The summed E-state index contributed by atoms with van der Waals surface area (Å²) in [7, 11) is 0. The maximum atomic E-state index is 12.8. The topological polar surface area (TPSA) is 121 Å². The third-order valence-electron chi connectivity index (χ3n) is 5.26. The second-order valence-corrected chi connectivity index (χ2v) is 7.51. The highest BCUT2D eigenvalue weighted by atomic mass is 16.4. The van der Waals surface area contributed by atoms with Gasteiger partial charge in [-0.3, -0.25) is 14.4 Å². The number of unbranched alkanes of at least 4 members (excludes halogenated alkanes) is 6. The smallest absolute Gasteiger partial charge is 0.303 e. The number of carbonyl (C=O) groups is 3. The molecule has 0 bridgehead atoms. The number of aliphatic hydroxyl groups is 1. The molecule has 0 fully saturated rings. The Kier molecular flexibility index (Phi) is 9.36. The van der Waals surface area contributed by atoms with Crippen molar-refractivity contribution in [1.82, 2.24) is 4.90 Å². The Balaban J connectivity index is 1.98. The van der Waals surface area contributed by atoms with Gasteiger partial charge in [0.2, 0.25) is 5.91 Å². The summed E-state index contributed by atoms with van der Waals surface area (Å²) in [6.45, 7) is 0.462. The van der Waals surface area contributed by atoms with E-state index in [4.69, 9.17) is 15.9 Å². The molecule has 1 aliphatic rings. The van der Waals surface area contributed by atoms with Gasteiger partial charge in [-0.2, -0.15) is 0 Å². The van der Waals surface area contributed by atoms with E-state index in [1.54, 1.807) is 12.1 Å². The predicted molar refractivity (Wildman–Crippen MR) is 112 cm³/mol. The van der Waals surface area contributed by atoms with Crippen LogP contribution in [-0.4, -0.2) is 45.5 Å². The van der Waals surface area contributed by atoms with Crippen LogP contribution < -0.4 is 5.73 Å². The predicted octanol–water partition coefficient (Wildman–Crippen LogP) is 2.44. The van der Waals surface area contributed by atoms with Crippen LogP contribution in [0.1, 0.15) is 79.3 Å². The molecule has 0 aromatic heterocycles. The first kappa shape index (κ1) is 23.4. The molecule has 0 radical (unpaired) electrons. The Hall–Kier alpha value is -2.85. The average Bonchev–Trinajstić information content (AvgIpc) is 3.04. The van der Waals surface area contributed by atoms with Crippen molar-refractivity contribution in [2.45, 2.75) is 70.4 Å². The molecule has 1 aromatic rings. The summed E-state index contributed by atoms with van der Waals surface area (Å²) in [6.07, 6.45) is 6.81. The van der Waals surface area contributed by atoms with Gasteiger partial charge in [-0.1, -0.05) is 43.6 Å². The Labute approximate surface area is 177 Å². The van der Waals surface area contributed by atoms with Crippen LogP contribution in [0.3, 0.4) is 0 Å². The highest BCUT2D eigenvalue weighted by Gasteiger charge is 2.36. The fourth-order valence-electron chi connectivity index (χ4n) is 3.63. The van der Waals surface area contributed by atoms with Gasteiger partial charge in [0.1, 0.15) is 6.04 Å². The summed E-state index contributed by atoms with van der Waals surface area (Å²) in [5.41, 5.74) is 7.45. The van der Waals surface area contributed by atoms with E-state index in [2.05, 4.69) is 11.8 Å². The SMILES string of the molecule is NC(=O)C(CCC(=O)O)N1Cc2c(C#CCCCCCCCCO)cccc2C1=O. The molecule has 2 amide bonds. The highest BCUT2D eigenvalue weighted by molar-refractivity contribution is 6.01. The minimum atomic E-state index is -1.04. The number of carboxylic acids is 1. The van der Waals surface area contributed by atoms with Crippen molar-refractivity contribution in [3.63, 3.8) is 0 Å². The number of carboxylic acid groups (broad SMARTS) is 1. The fourth-order valence-corrected chi connectivity index (χ4v) is 3.63. The van der Waals surface area contributed by atoms with Crippen LogP contribution in [-0.2, 0) is 16.1 Å². The second kappa shape index (κ2) is 12.0. The van der Waals surface area contributed by atoms with Crippen molar-refractivity contribution in [3.05, 3.63) is 34.9 Å². The molecule has 0 saturated heterocycles. The number of benzene rings is 1. The quantitative estimate of drug-likeness (QED) is 0.358. The van der Waals surface area contributed by atoms with Gasteiger partial charge in [0.25, 0.3) is 5.91 Å². The zero-order valence-corrected chi connectivity index (χ0v) is 17.2. The van der Waals surface area contributed by atoms with Gasteiger partial charge in [-0.15, -0.1) is 0 Å². The molecule has 1 unspecified atom stereocenters. The normalized spacial score (nSPS) is 13.5. The molecule has 0 spiro atoms. The zero-order valence-electron chi connectivity index (χ0n) is 17.2. The minimum absolute atomic E-state index is 0.0102. The number of aliphatic hydroxyl groups excluding tert-OH is 1. The molecule has 4 N–H and O–H groups in total. The van der Waals surface area contributed by atoms with Gasteiger partial charge in [-0.25, -0.2) is 0 Å². The molecular weight excluding hydrogens is 384 g/mol. The van der Waals surface area contributed by atoms with Crippen molar-refractivity contribution >= 4 is 17.8 Å². The molecular formula is C23H30N2O5. The second-order valence-electron chi connectivity index (χ2n) is 7.51. The monoisotopic (exact) mass is 414 g/mol. The zero-order chi connectivity index (χ0) is 21.9. The third-order valence-corrected chi connectivity index (χ3v) is 5.26. The number of fused-ring (bicyclic) bond motifs is 1. The number of hydrogen-bond acceptors (Lipinski definition) is 4. The van der Waals surface area contributed by atoms with Crippen LogP contribution in [0.15, 0.2) is 18.2 Å². The third kappa shape index (κ3) is 6.60. The summed E-state index contributed by atoms with van der Waals surface area (Å²) in [5, 5.41) is 17.7. The maximum Gasteiger partial charge on any atom is 0.303 e. The molecule has 7 heteroatoms. The Morgan fingerprint density at radius 3 is 2.50 bits per heavy atom. The van der Waals surface area contributed by atoms with E-state index in [9.17, 15) is 14.4 Å². The number of hydrogen-bond donors (Lipinski definition) is 3. The lowest BCUT2D eigenvalue weighted by atomic mass is 10.0. The number of nitrogens with zero attached hydrogens (tertiary/aromatic N) is 1. The van der Waals surface area contributed by atoms with E-state index in [-0.39, 0.29) is 31.9 Å². The maximum absolute atomic E-state index is 12.8. The van der Waals surface area contributed by atoms with E-state index < -0.39 is 17.9 Å². The van der Waals surface area contributed by atoms with Crippen molar-refractivity contribution in [2.75, 3.05) is 6.61 Å². The van der Waals surface area contributed by atoms with E-state index >= 15 is 0 Å². The lowest BCUT2D eigenvalue weighted by Crippen LogP contribution is -2.45. The van der Waals surface area contributed by atoms with Gasteiger partial charge < -0.3 is 20.8 Å². The van der Waals surface area contributed by atoms with Gasteiger partial charge in [0.05, 0.1) is 0 Å². The van der Waals surface area contributed by atoms with Crippen molar-refractivity contribution < 1.29 is 24.6 Å². The molecule has 30 heavy (non-hydrogen) atoms. The molecule has 1 heterocycles. The standard InChI is InChI=1S/C23H30N2O5/c24-22(29)20(13-14-21(27)28)25-16-19-17(11-9-12-18(19)23(25)30)10-7-5-3-1-2-4-6-8-15-26/h9,11-12,20,26H,1-6,8,13-16H2,(H2,24,29)(H,27,28). The Bertz CT molecular complexity index is 825. The molecule has 1 aliphatic heterocycles. The number of nitrogens with two attached hydrogens (primary N) is 1. The number of carbonyl (C=O) groups excluding carboxylic acids is 2. The number of aliphatic carboxylic acids is 1. The lowest BCUT2D eigenvalue weighted by molar-refractivity contribution is -0.137. The molecule has 162 valence electrons. The van der Waals surface area contributed by atoms with Crippen LogP contribution >= 0.6 is 0 Å². The summed E-state index contributed by atoms with van der Waals surface area (Å²) >= 11 is 0. The first-order chi connectivity index (χ1) is 14.5. The van der Waals surface area contributed by atoms with Crippen molar-refractivity contribution in [3.8, 4) is 11.8 Å². The van der Waals surface area contributed by atoms with Gasteiger partial charge >= 0.3 is 5.97 Å². The highest BCUT2D eigenvalue weighted by Crippen LogP contribution is 2.28. The fraction of sp³-hybridized carbons (Fsp3) is 0.522. The summed E-state index contributed by atoms with van der Waals surface area (Å²) in [5.74, 6) is 4.25. The van der Waals surface area contributed by atoms with Crippen LogP contribution in [0.25, 0.3) is 0 Å².